The molecule has 0 bridgehead atoms. The fourth-order valence-corrected chi connectivity index (χ4v) is 3.22. The van der Waals surface area contributed by atoms with Gasteiger partial charge in [0.2, 0.25) is 16.7 Å². The van der Waals surface area contributed by atoms with Crippen molar-refractivity contribution < 1.29 is 14.5 Å². The van der Waals surface area contributed by atoms with Gasteiger partial charge in [0.25, 0.3) is 0 Å². The molecule has 4 aromatic rings. The zero-order valence-corrected chi connectivity index (χ0v) is 15.0. The summed E-state index contributed by atoms with van der Waals surface area (Å²) < 4.78 is 2.01. The Balaban J connectivity index is 2.14. The van der Waals surface area contributed by atoms with Crippen LogP contribution in [0.4, 0.5) is 11.4 Å². The molecule has 0 aliphatic carbocycles. The van der Waals surface area contributed by atoms with Crippen LogP contribution in [0.1, 0.15) is 21.5 Å². The van der Waals surface area contributed by atoms with Crippen molar-refractivity contribution >= 4 is 39.4 Å². The standard InChI is InChI=1S/C21H18N4O2/c1-11-7-17-19(9-15(11)22)25(14-5-3-13(4-6-14)21(26)27)20-10-16(23)12(2)8-18(20)24-17/h3-10H,1-2H3,(H4,22,23,26,27)/p+1. The minimum Gasteiger partial charge on any atom is -0.478 e. The van der Waals surface area contributed by atoms with E-state index in [-0.39, 0.29) is 5.56 Å². The van der Waals surface area contributed by atoms with Gasteiger partial charge in [0.05, 0.1) is 5.56 Å². The number of aromatic carboxylic acids is 1. The van der Waals surface area contributed by atoms with Crippen molar-refractivity contribution in [2.45, 2.75) is 13.8 Å². The summed E-state index contributed by atoms with van der Waals surface area (Å²) in [7, 11) is 0. The molecule has 1 aromatic heterocycles. The van der Waals surface area contributed by atoms with Gasteiger partial charge >= 0.3 is 5.97 Å². The van der Waals surface area contributed by atoms with E-state index in [9.17, 15) is 9.90 Å². The van der Waals surface area contributed by atoms with Crippen molar-refractivity contribution in [3.05, 3.63) is 65.2 Å². The lowest BCUT2D eigenvalue weighted by atomic mass is 10.1. The number of nitrogen functional groups attached to an aromatic ring is 2. The van der Waals surface area contributed by atoms with Gasteiger partial charge in [-0.25, -0.2) is 9.78 Å². The molecule has 0 radical (unpaired) electrons. The predicted octanol–water partition coefficient (Wildman–Crippen LogP) is 3.14. The van der Waals surface area contributed by atoms with Crippen molar-refractivity contribution in [2.75, 3.05) is 11.5 Å². The van der Waals surface area contributed by atoms with Crippen LogP contribution in [0.3, 0.4) is 0 Å². The Kier molecular flexibility index (Phi) is 3.70. The maximum absolute atomic E-state index is 11.2. The lowest BCUT2D eigenvalue weighted by molar-refractivity contribution is -0.538. The molecule has 0 aliphatic rings. The largest absolute Gasteiger partial charge is 0.478 e. The Morgan fingerprint density at radius 3 is 1.81 bits per heavy atom. The van der Waals surface area contributed by atoms with Crippen LogP contribution in [0.25, 0.3) is 27.8 Å². The van der Waals surface area contributed by atoms with Crippen LogP contribution in [-0.4, -0.2) is 16.1 Å². The quantitative estimate of drug-likeness (QED) is 0.290. The summed E-state index contributed by atoms with van der Waals surface area (Å²) in [6, 6.07) is 14.4. The monoisotopic (exact) mass is 359 g/mol. The summed E-state index contributed by atoms with van der Waals surface area (Å²) in [4.78, 5) is 16.0. The third kappa shape index (κ3) is 2.71. The molecule has 4 rings (SSSR count). The zero-order valence-electron chi connectivity index (χ0n) is 15.0. The summed E-state index contributed by atoms with van der Waals surface area (Å²) in [5.74, 6) is -0.962. The van der Waals surface area contributed by atoms with E-state index < -0.39 is 5.97 Å². The summed E-state index contributed by atoms with van der Waals surface area (Å²) in [5, 5.41) is 9.17. The highest BCUT2D eigenvalue weighted by atomic mass is 16.4. The molecule has 0 saturated carbocycles. The van der Waals surface area contributed by atoms with E-state index in [2.05, 4.69) is 0 Å². The van der Waals surface area contributed by atoms with Crippen LogP contribution in [0.15, 0.2) is 48.5 Å². The molecule has 0 saturated heterocycles. The summed E-state index contributed by atoms with van der Waals surface area (Å²) in [6.45, 7) is 3.89. The molecule has 6 heteroatoms. The van der Waals surface area contributed by atoms with Gasteiger partial charge in [-0.3, -0.25) is 0 Å². The molecule has 6 nitrogen and oxygen atoms in total. The second-order valence-corrected chi connectivity index (χ2v) is 6.69. The van der Waals surface area contributed by atoms with Gasteiger partial charge in [0, 0.05) is 35.6 Å². The number of anilines is 2. The average molecular weight is 359 g/mol. The Hall–Kier alpha value is -3.67. The first-order valence-electron chi connectivity index (χ1n) is 8.50. The molecule has 3 aromatic carbocycles. The Bertz CT molecular complexity index is 1170. The number of hydrogen-bond donors (Lipinski definition) is 3. The molecule has 0 fully saturated rings. The maximum atomic E-state index is 11.2. The summed E-state index contributed by atoms with van der Waals surface area (Å²) in [5.41, 5.74) is 19.9. The van der Waals surface area contributed by atoms with E-state index >= 15 is 0 Å². The number of nitrogens with zero attached hydrogens (tertiary/aromatic N) is 2. The third-order valence-corrected chi connectivity index (χ3v) is 4.82. The van der Waals surface area contributed by atoms with Crippen molar-refractivity contribution in [3.8, 4) is 5.69 Å². The summed E-state index contributed by atoms with van der Waals surface area (Å²) in [6.07, 6.45) is 0. The van der Waals surface area contributed by atoms with E-state index in [4.69, 9.17) is 16.5 Å². The van der Waals surface area contributed by atoms with E-state index in [0.29, 0.717) is 11.4 Å². The smallest absolute Gasteiger partial charge is 0.335 e. The number of carbonyl (C=O) groups is 1. The molecule has 0 unspecified atom stereocenters. The minimum absolute atomic E-state index is 0.229. The van der Waals surface area contributed by atoms with Crippen LogP contribution in [0.5, 0.6) is 0 Å². The number of carboxylic acid groups (broad SMARTS) is 1. The molecular weight excluding hydrogens is 340 g/mol. The number of rotatable bonds is 2. The van der Waals surface area contributed by atoms with Crippen LogP contribution < -0.4 is 16.0 Å². The molecular formula is C21H19N4O2+. The van der Waals surface area contributed by atoms with E-state index in [0.717, 1.165) is 38.9 Å². The highest BCUT2D eigenvalue weighted by Crippen LogP contribution is 2.25. The lowest BCUT2D eigenvalue weighted by Crippen LogP contribution is -2.33. The average Bonchev–Trinajstić information content (AvgIpc) is 2.63. The Labute approximate surface area is 155 Å². The highest BCUT2D eigenvalue weighted by molar-refractivity contribution is 5.88. The van der Waals surface area contributed by atoms with Crippen LogP contribution in [-0.2, 0) is 0 Å². The van der Waals surface area contributed by atoms with Gasteiger partial charge in [-0.05, 0) is 49.2 Å². The lowest BCUT2D eigenvalue weighted by Gasteiger charge is -2.09. The van der Waals surface area contributed by atoms with E-state index in [1.807, 2.05) is 42.7 Å². The Morgan fingerprint density at radius 1 is 0.889 bits per heavy atom. The van der Waals surface area contributed by atoms with Crippen LogP contribution in [0, 0.1) is 13.8 Å². The Morgan fingerprint density at radius 2 is 1.37 bits per heavy atom. The third-order valence-electron chi connectivity index (χ3n) is 4.82. The van der Waals surface area contributed by atoms with Crippen molar-refractivity contribution in [1.82, 2.24) is 4.98 Å². The molecule has 134 valence electrons. The first-order chi connectivity index (χ1) is 12.8. The molecule has 27 heavy (non-hydrogen) atoms. The van der Waals surface area contributed by atoms with Gasteiger partial charge in [0.15, 0.2) is 0 Å². The number of hydrogen-bond acceptors (Lipinski definition) is 4. The normalized spacial score (nSPS) is 11.2. The van der Waals surface area contributed by atoms with Gasteiger partial charge in [-0.1, -0.05) is 0 Å². The molecule has 0 spiro atoms. The van der Waals surface area contributed by atoms with E-state index in [1.54, 1.807) is 24.3 Å². The number of fused-ring (bicyclic) bond motifs is 2. The first-order valence-corrected chi connectivity index (χ1v) is 8.50. The van der Waals surface area contributed by atoms with Crippen molar-refractivity contribution in [3.63, 3.8) is 0 Å². The zero-order chi connectivity index (χ0) is 19.3. The number of benzene rings is 3. The molecule has 1 heterocycles. The van der Waals surface area contributed by atoms with Gasteiger partial charge in [-0.2, -0.15) is 0 Å². The second-order valence-electron chi connectivity index (χ2n) is 6.69. The highest BCUT2D eigenvalue weighted by Gasteiger charge is 2.21. The molecule has 0 amide bonds. The summed E-state index contributed by atoms with van der Waals surface area (Å²) >= 11 is 0. The topological polar surface area (TPSA) is 106 Å². The van der Waals surface area contributed by atoms with Crippen molar-refractivity contribution in [1.29, 1.82) is 0 Å². The first kappa shape index (κ1) is 16.8. The molecule has 0 atom stereocenters. The number of aryl methyl sites for hydroxylation is 2. The van der Waals surface area contributed by atoms with Crippen molar-refractivity contribution in [2.24, 2.45) is 0 Å². The number of aromatic nitrogens is 2. The molecule has 0 aliphatic heterocycles. The van der Waals surface area contributed by atoms with Crippen LogP contribution in [0.2, 0.25) is 0 Å². The fourth-order valence-electron chi connectivity index (χ4n) is 3.22. The van der Waals surface area contributed by atoms with Crippen LogP contribution >= 0.6 is 0 Å². The maximum Gasteiger partial charge on any atom is 0.335 e. The van der Waals surface area contributed by atoms with Gasteiger partial charge < -0.3 is 16.6 Å². The minimum atomic E-state index is -0.962. The fraction of sp³-hybridized carbons (Fsp3) is 0.0952. The van der Waals surface area contributed by atoms with Gasteiger partial charge in [0.1, 0.15) is 11.0 Å². The van der Waals surface area contributed by atoms with Gasteiger partial charge in [-0.15, -0.1) is 4.57 Å². The SMILES string of the molecule is Cc1cc2nc3cc(C)c(N)cc3[n+](-c3ccc(C(=O)O)cc3)c2cc1N. The second kappa shape index (κ2) is 5.95. The molecule has 5 N–H and O–H groups in total. The van der Waals surface area contributed by atoms with E-state index in [1.165, 1.54) is 0 Å². The number of carboxylic acids is 1. The predicted molar refractivity (Wildman–Crippen MR) is 106 cm³/mol. The number of nitrogens with two attached hydrogens (primary N) is 2.